The number of anilines is 1. The number of hydrogen-bond donors (Lipinski definition) is 1. The van der Waals surface area contributed by atoms with Gasteiger partial charge in [0.25, 0.3) is 0 Å². The number of carbonyl (C=O) groups is 1. The zero-order valence-electron chi connectivity index (χ0n) is 11.7. The predicted molar refractivity (Wildman–Crippen MR) is 78.8 cm³/mol. The molecule has 1 aromatic rings. The maximum absolute atomic E-state index is 13.7. The Labute approximate surface area is 120 Å². The minimum absolute atomic E-state index is 0.101. The number of aryl methyl sites for hydroxylation is 1. The van der Waals surface area contributed by atoms with Crippen molar-refractivity contribution >= 4 is 22.5 Å². The summed E-state index contributed by atoms with van der Waals surface area (Å²) in [6.07, 6.45) is 0.705. The molecule has 1 aliphatic rings. The van der Waals surface area contributed by atoms with E-state index in [1.54, 1.807) is 24.0 Å². The highest BCUT2D eigenvalue weighted by Crippen LogP contribution is 2.17. The fourth-order valence-electron chi connectivity index (χ4n) is 2.10. The van der Waals surface area contributed by atoms with Gasteiger partial charge in [0.2, 0.25) is 0 Å². The van der Waals surface area contributed by atoms with Crippen LogP contribution in [0.2, 0.25) is 0 Å². The Hall–Kier alpha value is -1.43. The summed E-state index contributed by atoms with van der Waals surface area (Å²) in [4.78, 5) is 13.7. The van der Waals surface area contributed by atoms with Crippen molar-refractivity contribution in [2.45, 2.75) is 25.5 Å². The molecule has 0 aliphatic carbocycles. The van der Waals surface area contributed by atoms with Crippen molar-refractivity contribution in [2.75, 3.05) is 24.2 Å². The van der Waals surface area contributed by atoms with Crippen LogP contribution < -0.4 is 5.32 Å². The second-order valence-corrected chi connectivity index (χ2v) is 7.06. The molecular weight excluding hydrogens is 279 g/mol. The summed E-state index contributed by atoms with van der Waals surface area (Å²) in [7, 11) is -0.889. The van der Waals surface area contributed by atoms with Gasteiger partial charge in [-0.25, -0.2) is 9.18 Å². The zero-order valence-corrected chi connectivity index (χ0v) is 12.5. The highest BCUT2D eigenvalue weighted by atomic mass is 32.2. The van der Waals surface area contributed by atoms with Crippen LogP contribution >= 0.6 is 0 Å². The van der Waals surface area contributed by atoms with Gasteiger partial charge in [-0.3, -0.25) is 4.21 Å². The van der Waals surface area contributed by atoms with Crippen LogP contribution in [-0.4, -0.2) is 39.2 Å². The van der Waals surface area contributed by atoms with Gasteiger partial charge in [0, 0.05) is 34.9 Å². The van der Waals surface area contributed by atoms with E-state index in [2.05, 4.69) is 5.32 Å². The Morgan fingerprint density at radius 1 is 1.45 bits per heavy atom. The maximum atomic E-state index is 13.7. The molecule has 6 heteroatoms. The van der Waals surface area contributed by atoms with Gasteiger partial charge in [0.1, 0.15) is 5.82 Å². The van der Waals surface area contributed by atoms with Crippen molar-refractivity contribution in [1.29, 1.82) is 0 Å². The zero-order chi connectivity index (χ0) is 14.7. The normalized spacial score (nSPS) is 23.2. The van der Waals surface area contributed by atoms with Crippen molar-refractivity contribution in [3.63, 3.8) is 0 Å². The Kier molecular flexibility index (Phi) is 4.75. The van der Waals surface area contributed by atoms with Gasteiger partial charge in [-0.05, 0) is 31.0 Å². The molecule has 0 spiro atoms. The minimum Gasteiger partial charge on any atom is -0.324 e. The van der Waals surface area contributed by atoms with Crippen LogP contribution in [0.25, 0.3) is 0 Å². The molecule has 1 aromatic carbocycles. The lowest BCUT2D eigenvalue weighted by atomic mass is 10.2. The molecule has 0 radical (unpaired) electrons. The first-order chi connectivity index (χ1) is 9.47. The van der Waals surface area contributed by atoms with Gasteiger partial charge < -0.3 is 10.2 Å². The lowest BCUT2D eigenvalue weighted by Crippen LogP contribution is -2.37. The van der Waals surface area contributed by atoms with E-state index in [1.807, 2.05) is 6.92 Å². The van der Waals surface area contributed by atoms with Crippen molar-refractivity contribution in [1.82, 2.24) is 4.90 Å². The second kappa shape index (κ2) is 6.35. The molecule has 20 heavy (non-hydrogen) atoms. The van der Waals surface area contributed by atoms with Crippen LogP contribution in [0.5, 0.6) is 0 Å². The van der Waals surface area contributed by atoms with Gasteiger partial charge in [-0.1, -0.05) is 13.0 Å². The third-order valence-electron chi connectivity index (χ3n) is 3.47. The standard InChI is InChI=1S/C14H19FN2O2S/c1-10-3-4-13(12(15)9-10)16-14(18)17-6-5-11(2)20(19)8-7-17/h3-4,9,11H,5-8H2,1-2H3,(H,16,18)/t11-,20-/m1/s1. The molecule has 1 saturated heterocycles. The Morgan fingerprint density at radius 3 is 2.90 bits per heavy atom. The summed E-state index contributed by atoms with van der Waals surface area (Å²) >= 11 is 0. The first kappa shape index (κ1) is 15.0. The first-order valence-corrected chi connectivity index (χ1v) is 8.05. The molecule has 1 aliphatic heterocycles. The molecule has 1 heterocycles. The van der Waals surface area contributed by atoms with Crippen LogP contribution in [0.15, 0.2) is 18.2 Å². The van der Waals surface area contributed by atoms with Gasteiger partial charge in [-0.2, -0.15) is 0 Å². The topological polar surface area (TPSA) is 49.4 Å². The van der Waals surface area contributed by atoms with Gasteiger partial charge >= 0.3 is 6.03 Å². The summed E-state index contributed by atoms with van der Waals surface area (Å²) in [5.41, 5.74) is 0.985. The van der Waals surface area contributed by atoms with E-state index < -0.39 is 16.6 Å². The molecule has 0 aromatic heterocycles. The third-order valence-corrected chi connectivity index (χ3v) is 5.19. The Morgan fingerprint density at radius 2 is 2.20 bits per heavy atom. The lowest BCUT2D eigenvalue weighted by Gasteiger charge is -2.20. The van der Waals surface area contributed by atoms with E-state index >= 15 is 0 Å². The summed E-state index contributed by atoms with van der Waals surface area (Å²) in [6, 6.07) is 4.35. The second-order valence-electron chi connectivity index (χ2n) is 5.08. The van der Waals surface area contributed by atoms with Crippen molar-refractivity contribution in [2.24, 2.45) is 0 Å². The number of nitrogens with one attached hydrogen (secondary N) is 1. The van der Waals surface area contributed by atoms with E-state index in [1.165, 1.54) is 6.07 Å². The molecule has 2 rings (SSSR count). The molecule has 0 saturated carbocycles. The SMILES string of the molecule is Cc1ccc(NC(=O)N2CC[C@@H](C)[S@](=O)CC2)c(F)c1. The average Bonchev–Trinajstić information content (AvgIpc) is 2.56. The number of benzene rings is 1. The van der Waals surface area contributed by atoms with Crippen LogP contribution in [0.4, 0.5) is 14.9 Å². The number of amides is 2. The predicted octanol–water partition coefficient (Wildman–Crippen LogP) is 2.51. The number of hydrogen-bond acceptors (Lipinski definition) is 2. The molecule has 1 N–H and O–H groups in total. The fourth-order valence-corrected chi connectivity index (χ4v) is 3.27. The van der Waals surface area contributed by atoms with E-state index in [4.69, 9.17) is 0 Å². The van der Waals surface area contributed by atoms with E-state index in [0.29, 0.717) is 25.3 Å². The van der Waals surface area contributed by atoms with E-state index in [9.17, 15) is 13.4 Å². The van der Waals surface area contributed by atoms with Crippen molar-refractivity contribution in [3.8, 4) is 0 Å². The smallest absolute Gasteiger partial charge is 0.321 e. The number of urea groups is 1. The molecule has 4 nitrogen and oxygen atoms in total. The molecular formula is C14H19FN2O2S. The molecule has 0 bridgehead atoms. The van der Waals surface area contributed by atoms with Crippen LogP contribution in [-0.2, 0) is 10.8 Å². The highest BCUT2D eigenvalue weighted by Gasteiger charge is 2.23. The third kappa shape index (κ3) is 3.56. The van der Waals surface area contributed by atoms with Crippen molar-refractivity contribution < 1.29 is 13.4 Å². The number of carbonyl (C=O) groups excluding carboxylic acids is 1. The Balaban J connectivity index is 2.02. The summed E-state index contributed by atoms with van der Waals surface area (Å²) in [5, 5.41) is 2.68. The minimum atomic E-state index is -0.889. The molecule has 2 amide bonds. The number of nitrogens with zero attached hydrogens (tertiary/aromatic N) is 1. The Bertz CT molecular complexity index is 536. The fraction of sp³-hybridized carbons (Fsp3) is 0.500. The van der Waals surface area contributed by atoms with Crippen molar-refractivity contribution in [3.05, 3.63) is 29.6 Å². The van der Waals surface area contributed by atoms with Gasteiger partial charge in [0.05, 0.1) is 5.69 Å². The summed E-state index contributed by atoms with van der Waals surface area (Å²) in [5.74, 6) is 0.0374. The van der Waals surface area contributed by atoms with E-state index in [-0.39, 0.29) is 17.0 Å². The monoisotopic (exact) mass is 298 g/mol. The summed E-state index contributed by atoms with van der Waals surface area (Å²) in [6.45, 7) is 4.71. The van der Waals surface area contributed by atoms with Gasteiger partial charge in [0.15, 0.2) is 0 Å². The van der Waals surface area contributed by atoms with Gasteiger partial charge in [-0.15, -0.1) is 0 Å². The maximum Gasteiger partial charge on any atom is 0.321 e. The first-order valence-electron chi connectivity index (χ1n) is 6.66. The van der Waals surface area contributed by atoms with E-state index in [0.717, 1.165) is 5.56 Å². The highest BCUT2D eigenvalue weighted by molar-refractivity contribution is 7.85. The molecule has 2 atom stereocenters. The summed E-state index contributed by atoms with van der Waals surface area (Å²) < 4.78 is 25.4. The molecule has 110 valence electrons. The molecule has 0 unspecified atom stereocenters. The van der Waals surface area contributed by atoms with Crippen LogP contribution in [0.3, 0.4) is 0 Å². The average molecular weight is 298 g/mol. The molecule has 1 fully saturated rings. The number of rotatable bonds is 1. The lowest BCUT2D eigenvalue weighted by molar-refractivity contribution is 0.215. The van der Waals surface area contributed by atoms with Crippen LogP contribution in [0, 0.1) is 12.7 Å². The largest absolute Gasteiger partial charge is 0.324 e. The quantitative estimate of drug-likeness (QED) is 0.866. The number of halogens is 1. The van der Waals surface area contributed by atoms with Crippen LogP contribution in [0.1, 0.15) is 18.9 Å².